The zero-order valence-corrected chi connectivity index (χ0v) is 23.1. The third-order valence-corrected chi connectivity index (χ3v) is 7.01. The van der Waals surface area contributed by atoms with Gasteiger partial charge in [-0.15, -0.1) is 0 Å². The van der Waals surface area contributed by atoms with E-state index in [2.05, 4.69) is 10.0 Å². The van der Waals surface area contributed by atoms with Gasteiger partial charge in [-0.25, -0.2) is 9.40 Å². The first kappa shape index (κ1) is 28.2. The van der Waals surface area contributed by atoms with Gasteiger partial charge in [-0.1, -0.05) is 62.7 Å². The van der Waals surface area contributed by atoms with Crippen LogP contribution in [0.1, 0.15) is 50.8 Å². The molecule has 0 saturated carbocycles. The van der Waals surface area contributed by atoms with E-state index in [1.165, 1.54) is 11.1 Å². The van der Waals surface area contributed by atoms with Gasteiger partial charge in [-0.3, -0.25) is 14.5 Å². The first-order valence-electron chi connectivity index (χ1n) is 13.1. The molecule has 0 radical (unpaired) electrons. The topological polar surface area (TPSA) is 65.5 Å². The maximum Gasteiger partial charge on any atom is 0.262 e. The average molecular weight is 543 g/mol. The van der Waals surface area contributed by atoms with Gasteiger partial charge in [-0.2, -0.15) is 5.10 Å². The van der Waals surface area contributed by atoms with Crippen LogP contribution >= 0.6 is 11.6 Å². The Morgan fingerprint density at radius 2 is 1.79 bits per heavy atom. The van der Waals surface area contributed by atoms with Crippen LogP contribution < -0.4 is 0 Å². The standard InChI is InChI=1S/C29H36ClFN4O3/c1-29(2,3)19-27(36)34(13-12-33-14-16-38-17-15-33)20-28(37)35-26(21-8-10-22(30)11-9-21)18-25(32-35)23-6-4-5-7-24(23)31/h4-11,26H,12-20H2,1-3H3/t26-/m0/s1. The molecule has 0 N–H and O–H groups in total. The summed E-state index contributed by atoms with van der Waals surface area (Å²) in [6, 6.07) is 13.3. The monoisotopic (exact) mass is 542 g/mol. The van der Waals surface area contributed by atoms with Crippen LogP contribution in [0.4, 0.5) is 4.39 Å². The molecule has 0 spiro atoms. The normalized spacial score (nSPS) is 18.4. The van der Waals surface area contributed by atoms with Crippen molar-refractivity contribution in [1.82, 2.24) is 14.8 Å². The third-order valence-electron chi connectivity index (χ3n) is 6.76. The summed E-state index contributed by atoms with van der Waals surface area (Å²) in [5.41, 5.74) is 1.50. The Morgan fingerprint density at radius 1 is 1.11 bits per heavy atom. The second kappa shape index (κ2) is 12.4. The first-order valence-corrected chi connectivity index (χ1v) is 13.5. The van der Waals surface area contributed by atoms with Crippen molar-refractivity contribution in [3.8, 4) is 0 Å². The Kier molecular flexibility index (Phi) is 9.18. The molecule has 1 fully saturated rings. The van der Waals surface area contributed by atoms with Crippen molar-refractivity contribution in [2.45, 2.75) is 39.7 Å². The van der Waals surface area contributed by atoms with Crippen LogP contribution in [0.3, 0.4) is 0 Å². The van der Waals surface area contributed by atoms with Crippen molar-refractivity contribution in [2.24, 2.45) is 10.5 Å². The van der Waals surface area contributed by atoms with Crippen molar-refractivity contribution in [3.05, 3.63) is 70.5 Å². The van der Waals surface area contributed by atoms with Crippen molar-refractivity contribution in [1.29, 1.82) is 0 Å². The minimum Gasteiger partial charge on any atom is -0.379 e. The number of amides is 2. The van der Waals surface area contributed by atoms with Crippen molar-refractivity contribution < 1.29 is 18.7 Å². The van der Waals surface area contributed by atoms with Crippen LogP contribution in [-0.4, -0.2) is 78.3 Å². The lowest BCUT2D eigenvalue weighted by Crippen LogP contribution is -2.47. The number of carbonyl (C=O) groups excluding carboxylic acids is 2. The van der Waals surface area contributed by atoms with Crippen LogP contribution in [0.25, 0.3) is 0 Å². The Balaban J connectivity index is 1.58. The summed E-state index contributed by atoms with van der Waals surface area (Å²) in [7, 11) is 0. The molecular formula is C29H36ClFN4O3. The summed E-state index contributed by atoms with van der Waals surface area (Å²) in [6.07, 6.45) is 0.686. The SMILES string of the molecule is CC(C)(C)CC(=O)N(CCN1CCOCC1)CC(=O)N1N=C(c2ccccc2F)C[C@H]1c1ccc(Cl)cc1. The lowest BCUT2D eigenvalue weighted by atomic mass is 9.91. The third kappa shape index (κ3) is 7.40. The number of rotatable bonds is 8. The Hall–Kier alpha value is -2.81. The number of benzene rings is 2. The van der Waals surface area contributed by atoms with E-state index in [1.54, 1.807) is 35.2 Å². The minimum absolute atomic E-state index is 0.0698. The van der Waals surface area contributed by atoms with Gasteiger partial charge in [0.1, 0.15) is 12.4 Å². The van der Waals surface area contributed by atoms with E-state index < -0.39 is 6.04 Å². The summed E-state index contributed by atoms with van der Waals surface area (Å²) < 4.78 is 20.1. The predicted molar refractivity (Wildman–Crippen MR) is 147 cm³/mol. The van der Waals surface area contributed by atoms with Crippen LogP contribution in [0.5, 0.6) is 0 Å². The fraction of sp³-hybridized carbons (Fsp3) is 0.483. The lowest BCUT2D eigenvalue weighted by molar-refractivity contribution is -0.142. The van der Waals surface area contributed by atoms with Crippen molar-refractivity contribution in [2.75, 3.05) is 45.9 Å². The van der Waals surface area contributed by atoms with Gasteiger partial charge < -0.3 is 9.64 Å². The second-order valence-corrected chi connectivity index (χ2v) is 11.5. The molecule has 2 amide bonds. The molecule has 204 valence electrons. The largest absolute Gasteiger partial charge is 0.379 e. The molecule has 0 bridgehead atoms. The number of ether oxygens (including phenoxy) is 1. The fourth-order valence-corrected chi connectivity index (χ4v) is 4.85. The van der Waals surface area contributed by atoms with E-state index in [0.717, 1.165) is 18.7 Å². The zero-order chi connectivity index (χ0) is 27.3. The van der Waals surface area contributed by atoms with Crippen molar-refractivity contribution >= 4 is 29.1 Å². The molecular weight excluding hydrogens is 507 g/mol. The lowest BCUT2D eigenvalue weighted by Gasteiger charge is -2.32. The van der Waals surface area contributed by atoms with Gasteiger partial charge in [0, 0.05) is 49.6 Å². The van der Waals surface area contributed by atoms with Crippen molar-refractivity contribution in [3.63, 3.8) is 0 Å². The number of nitrogens with zero attached hydrogens (tertiary/aromatic N) is 4. The van der Waals surface area contributed by atoms with E-state index in [1.807, 2.05) is 32.9 Å². The number of hydrazone groups is 1. The minimum atomic E-state index is -0.423. The molecule has 7 nitrogen and oxygen atoms in total. The molecule has 2 aromatic carbocycles. The smallest absolute Gasteiger partial charge is 0.262 e. The van der Waals surface area contributed by atoms with Gasteiger partial charge in [0.15, 0.2) is 0 Å². The molecule has 9 heteroatoms. The Morgan fingerprint density at radius 3 is 2.45 bits per heavy atom. The molecule has 4 rings (SSSR count). The summed E-state index contributed by atoms with van der Waals surface area (Å²) in [6.45, 7) is 9.96. The molecule has 0 aliphatic carbocycles. The van der Waals surface area contributed by atoms with E-state index in [4.69, 9.17) is 16.3 Å². The second-order valence-electron chi connectivity index (χ2n) is 11.0. The molecule has 2 aliphatic heterocycles. The number of halogens is 2. The van der Waals surface area contributed by atoms with E-state index in [-0.39, 0.29) is 29.6 Å². The average Bonchev–Trinajstić information content (AvgIpc) is 3.32. The first-order chi connectivity index (χ1) is 18.1. The Labute approximate surface area is 229 Å². The summed E-state index contributed by atoms with van der Waals surface area (Å²) in [4.78, 5) is 31.0. The molecule has 0 unspecified atom stereocenters. The number of hydrogen-bond acceptors (Lipinski definition) is 5. The van der Waals surface area contributed by atoms with Gasteiger partial charge >= 0.3 is 0 Å². The highest BCUT2D eigenvalue weighted by Gasteiger charge is 2.35. The Bertz CT molecular complexity index is 1160. The van der Waals surface area contributed by atoms with E-state index in [0.29, 0.717) is 55.4 Å². The summed E-state index contributed by atoms with van der Waals surface area (Å²) in [5, 5.41) is 6.60. The molecule has 2 aliphatic rings. The highest BCUT2D eigenvalue weighted by molar-refractivity contribution is 6.30. The molecule has 2 heterocycles. The summed E-state index contributed by atoms with van der Waals surface area (Å²) >= 11 is 6.10. The molecule has 0 aromatic heterocycles. The van der Waals surface area contributed by atoms with Gasteiger partial charge in [0.05, 0.1) is 25.0 Å². The predicted octanol–water partition coefficient (Wildman–Crippen LogP) is 4.75. The number of morpholine rings is 1. The molecule has 1 saturated heterocycles. The highest BCUT2D eigenvalue weighted by Crippen LogP contribution is 2.34. The maximum absolute atomic E-state index is 14.6. The van der Waals surface area contributed by atoms with Crippen LogP contribution in [0, 0.1) is 11.2 Å². The van der Waals surface area contributed by atoms with Gasteiger partial charge in [0.25, 0.3) is 5.91 Å². The quantitative estimate of drug-likeness (QED) is 0.483. The molecule has 2 aromatic rings. The summed E-state index contributed by atoms with van der Waals surface area (Å²) in [5.74, 6) is -0.761. The number of hydrogen-bond donors (Lipinski definition) is 0. The van der Waals surface area contributed by atoms with Crippen LogP contribution in [0.2, 0.25) is 5.02 Å². The highest BCUT2D eigenvalue weighted by atomic mass is 35.5. The van der Waals surface area contributed by atoms with Gasteiger partial charge in [0.2, 0.25) is 5.91 Å². The molecule has 1 atom stereocenters. The van der Waals surface area contributed by atoms with E-state index >= 15 is 0 Å². The van der Waals surface area contributed by atoms with E-state index in [9.17, 15) is 14.0 Å². The van der Waals surface area contributed by atoms with Crippen LogP contribution in [-0.2, 0) is 14.3 Å². The molecule has 38 heavy (non-hydrogen) atoms. The van der Waals surface area contributed by atoms with Crippen LogP contribution in [0.15, 0.2) is 53.6 Å². The number of carbonyl (C=O) groups is 2. The van der Waals surface area contributed by atoms with Gasteiger partial charge in [-0.05, 0) is 29.2 Å². The fourth-order valence-electron chi connectivity index (χ4n) is 4.72. The maximum atomic E-state index is 14.6. The zero-order valence-electron chi connectivity index (χ0n) is 22.3.